The van der Waals surface area contributed by atoms with Crippen LogP contribution in [0.1, 0.15) is 23.4 Å². The normalized spacial score (nSPS) is 13.1. The molecule has 0 N–H and O–H groups in total. The number of thioether (sulfide) groups is 1. The molecule has 1 aliphatic rings. The summed E-state index contributed by atoms with van der Waals surface area (Å²) < 4.78 is 4.77. The molecule has 0 bridgehead atoms. The lowest BCUT2D eigenvalue weighted by Crippen LogP contribution is -2.36. The molecular formula is C29H27N5O2S2. The average Bonchev–Trinajstić information content (AvgIpc) is 3.50. The molecule has 38 heavy (non-hydrogen) atoms. The highest BCUT2D eigenvalue weighted by Crippen LogP contribution is 2.28. The molecule has 3 aromatic carbocycles. The van der Waals surface area contributed by atoms with Gasteiger partial charge in [0.2, 0.25) is 5.91 Å². The fraction of sp³-hybridized carbons (Fsp3) is 0.241. The van der Waals surface area contributed by atoms with Crippen molar-refractivity contribution in [1.29, 1.82) is 0 Å². The van der Waals surface area contributed by atoms with Gasteiger partial charge >= 0.3 is 4.87 Å². The lowest BCUT2D eigenvalue weighted by molar-refractivity contribution is -0.116. The van der Waals surface area contributed by atoms with Gasteiger partial charge in [-0.05, 0) is 48.6 Å². The first-order valence-electron chi connectivity index (χ1n) is 12.7. The Labute approximate surface area is 228 Å². The first-order chi connectivity index (χ1) is 18.7. The maximum Gasteiger partial charge on any atom is 0.308 e. The summed E-state index contributed by atoms with van der Waals surface area (Å²) in [6, 6.07) is 26.2. The summed E-state index contributed by atoms with van der Waals surface area (Å²) in [6.45, 7) is 1.72. The largest absolute Gasteiger partial charge is 0.311 e. The zero-order valence-corrected chi connectivity index (χ0v) is 22.5. The molecule has 2 aromatic heterocycles. The third kappa shape index (κ3) is 5.04. The monoisotopic (exact) mass is 541 g/mol. The summed E-state index contributed by atoms with van der Waals surface area (Å²) in [4.78, 5) is 28.0. The van der Waals surface area contributed by atoms with Gasteiger partial charge in [0.25, 0.3) is 0 Å². The number of carbonyl (C=O) groups excluding carboxylic acids is 1. The number of rotatable bonds is 8. The SMILES string of the molecule is O=C(CSc1nnc(Cn2c(=O)sc3ccccc32)n1CCc1ccccc1)N1CCCc2ccccc21. The van der Waals surface area contributed by atoms with Gasteiger partial charge in [0.1, 0.15) is 0 Å². The average molecular weight is 542 g/mol. The molecule has 0 fully saturated rings. The Bertz CT molecular complexity index is 1640. The smallest absolute Gasteiger partial charge is 0.308 e. The van der Waals surface area contributed by atoms with Gasteiger partial charge in [-0.2, -0.15) is 0 Å². The summed E-state index contributed by atoms with van der Waals surface area (Å²) in [7, 11) is 0. The van der Waals surface area contributed by atoms with E-state index in [1.54, 1.807) is 4.57 Å². The predicted octanol–water partition coefficient (Wildman–Crippen LogP) is 5.02. The minimum absolute atomic E-state index is 0.0167. The number of nitrogens with zero attached hydrogens (tertiary/aromatic N) is 5. The van der Waals surface area contributed by atoms with E-state index in [4.69, 9.17) is 0 Å². The minimum atomic E-state index is -0.0167. The number of thiazole rings is 1. The number of aryl methyl sites for hydroxylation is 2. The lowest BCUT2D eigenvalue weighted by atomic mass is 10.0. The summed E-state index contributed by atoms with van der Waals surface area (Å²) >= 11 is 2.65. The number of benzene rings is 3. The summed E-state index contributed by atoms with van der Waals surface area (Å²) in [5, 5.41) is 9.66. The molecule has 1 aliphatic heterocycles. The number of carbonyl (C=O) groups is 1. The van der Waals surface area contributed by atoms with Gasteiger partial charge in [-0.3, -0.25) is 14.2 Å². The molecule has 0 radical (unpaired) electrons. The highest BCUT2D eigenvalue weighted by atomic mass is 32.2. The number of hydrogen-bond acceptors (Lipinski definition) is 6. The molecule has 0 unspecified atom stereocenters. The highest BCUT2D eigenvalue weighted by molar-refractivity contribution is 7.99. The summed E-state index contributed by atoms with van der Waals surface area (Å²) in [6.07, 6.45) is 2.77. The maximum atomic E-state index is 13.3. The number of fused-ring (bicyclic) bond motifs is 2. The third-order valence-corrected chi connectivity index (χ3v) is 8.78. The van der Waals surface area contributed by atoms with Crippen molar-refractivity contribution in [2.24, 2.45) is 0 Å². The minimum Gasteiger partial charge on any atom is -0.311 e. The van der Waals surface area contributed by atoms with Crippen LogP contribution in [0, 0.1) is 0 Å². The van der Waals surface area contributed by atoms with Crippen molar-refractivity contribution < 1.29 is 4.79 Å². The predicted molar refractivity (Wildman–Crippen MR) is 153 cm³/mol. The quantitative estimate of drug-likeness (QED) is 0.258. The van der Waals surface area contributed by atoms with E-state index in [9.17, 15) is 9.59 Å². The Hall–Kier alpha value is -3.69. The molecule has 3 heterocycles. The molecule has 5 aromatic rings. The Morgan fingerprint density at radius 3 is 2.61 bits per heavy atom. The van der Waals surface area contributed by atoms with Crippen LogP contribution in [-0.4, -0.2) is 37.5 Å². The van der Waals surface area contributed by atoms with Crippen molar-refractivity contribution in [3.63, 3.8) is 0 Å². The van der Waals surface area contributed by atoms with E-state index in [0.29, 0.717) is 24.1 Å². The van der Waals surface area contributed by atoms with Crippen molar-refractivity contribution in [3.05, 3.63) is 105 Å². The number of anilines is 1. The van der Waals surface area contributed by atoms with Crippen molar-refractivity contribution in [1.82, 2.24) is 19.3 Å². The summed E-state index contributed by atoms with van der Waals surface area (Å²) in [5.74, 6) is 1.06. The first kappa shape index (κ1) is 24.6. The van der Waals surface area contributed by atoms with Crippen LogP contribution in [-0.2, 0) is 30.7 Å². The highest BCUT2D eigenvalue weighted by Gasteiger charge is 2.23. The molecule has 0 saturated heterocycles. The van der Waals surface area contributed by atoms with Crippen LogP contribution >= 0.6 is 23.1 Å². The number of amides is 1. The second-order valence-corrected chi connectivity index (χ2v) is 11.2. The van der Waals surface area contributed by atoms with Gasteiger partial charge in [-0.25, -0.2) is 0 Å². The van der Waals surface area contributed by atoms with Gasteiger partial charge in [0, 0.05) is 18.8 Å². The maximum absolute atomic E-state index is 13.3. The second kappa shape index (κ2) is 11.0. The van der Waals surface area contributed by atoms with Gasteiger partial charge in [-0.1, -0.05) is 83.8 Å². The molecular weight excluding hydrogens is 514 g/mol. The zero-order valence-electron chi connectivity index (χ0n) is 20.8. The first-order valence-corrected chi connectivity index (χ1v) is 14.5. The third-order valence-electron chi connectivity index (χ3n) is 6.87. The Kier molecular flexibility index (Phi) is 7.11. The van der Waals surface area contributed by atoms with Gasteiger partial charge < -0.3 is 9.47 Å². The molecule has 192 valence electrons. The molecule has 0 aliphatic carbocycles. The van der Waals surface area contributed by atoms with Crippen molar-refractivity contribution in [2.45, 2.75) is 37.5 Å². The number of para-hydroxylation sites is 2. The Morgan fingerprint density at radius 2 is 1.71 bits per heavy atom. The molecule has 7 nitrogen and oxygen atoms in total. The van der Waals surface area contributed by atoms with E-state index < -0.39 is 0 Å². The van der Waals surface area contributed by atoms with Crippen LogP contribution < -0.4 is 9.77 Å². The second-order valence-electron chi connectivity index (χ2n) is 9.27. The standard InChI is InChI=1S/C29H27N5O2S2/c35-27(32-17-8-12-22-11-4-5-13-23(22)32)20-37-28-31-30-26(33(28)18-16-21-9-2-1-3-10-21)19-34-24-14-6-7-15-25(24)38-29(34)36/h1-7,9-11,13-15H,8,12,16-20H2. The van der Waals surface area contributed by atoms with Crippen LogP contribution in [0.15, 0.2) is 88.8 Å². The van der Waals surface area contributed by atoms with E-state index in [1.807, 2.05) is 65.6 Å². The molecule has 1 amide bonds. The van der Waals surface area contributed by atoms with Gasteiger partial charge in [-0.15, -0.1) is 10.2 Å². The fourth-order valence-electron chi connectivity index (χ4n) is 4.95. The van der Waals surface area contributed by atoms with Gasteiger partial charge in [0.15, 0.2) is 11.0 Å². The topological polar surface area (TPSA) is 73.0 Å². The fourth-order valence-corrected chi connectivity index (χ4v) is 6.70. The Morgan fingerprint density at radius 1 is 0.921 bits per heavy atom. The van der Waals surface area contributed by atoms with Crippen LogP contribution in [0.2, 0.25) is 0 Å². The molecule has 0 saturated carbocycles. The van der Waals surface area contributed by atoms with Crippen LogP contribution in [0.5, 0.6) is 0 Å². The molecule has 9 heteroatoms. The number of aromatic nitrogens is 4. The van der Waals surface area contributed by atoms with Crippen molar-refractivity contribution in [2.75, 3.05) is 17.2 Å². The van der Waals surface area contributed by atoms with Gasteiger partial charge in [0.05, 0.1) is 22.5 Å². The molecule has 0 atom stereocenters. The lowest BCUT2D eigenvalue weighted by Gasteiger charge is -2.29. The van der Waals surface area contributed by atoms with Crippen molar-refractivity contribution >= 4 is 44.9 Å². The van der Waals surface area contributed by atoms with E-state index in [2.05, 4.69) is 33.0 Å². The van der Waals surface area contributed by atoms with E-state index in [1.165, 1.54) is 34.2 Å². The number of hydrogen-bond donors (Lipinski definition) is 0. The zero-order chi connectivity index (χ0) is 25.9. The molecule has 0 spiro atoms. The van der Waals surface area contributed by atoms with Crippen LogP contribution in [0.25, 0.3) is 10.2 Å². The summed E-state index contributed by atoms with van der Waals surface area (Å²) in [5.41, 5.74) is 4.34. The van der Waals surface area contributed by atoms with Crippen LogP contribution in [0.3, 0.4) is 0 Å². The van der Waals surface area contributed by atoms with E-state index in [0.717, 1.165) is 41.7 Å². The Balaban J connectivity index is 1.25. The van der Waals surface area contributed by atoms with Crippen LogP contribution in [0.4, 0.5) is 5.69 Å². The molecule has 6 rings (SSSR count). The van der Waals surface area contributed by atoms with Crippen molar-refractivity contribution in [3.8, 4) is 0 Å². The van der Waals surface area contributed by atoms with E-state index in [-0.39, 0.29) is 16.5 Å². The van der Waals surface area contributed by atoms with E-state index >= 15 is 0 Å².